The zero-order valence-electron chi connectivity index (χ0n) is 15.8. The number of nitrogens with one attached hydrogen (secondary N) is 2. The van der Waals surface area contributed by atoms with Crippen molar-refractivity contribution in [2.24, 2.45) is 0 Å². The number of rotatable bonds is 6. The molecule has 0 atom stereocenters. The zero-order valence-corrected chi connectivity index (χ0v) is 17.4. The molecule has 0 aliphatic rings. The lowest BCUT2D eigenvalue weighted by Gasteiger charge is -2.09. The fourth-order valence-electron chi connectivity index (χ4n) is 2.57. The highest BCUT2D eigenvalue weighted by Gasteiger charge is 2.20. The number of carbonyl (C=O) groups is 1. The summed E-state index contributed by atoms with van der Waals surface area (Å²) in [5.41, 5.74) is 4.76. The van der Waals surface area contributed by atoms with Crippen LogP contribution in [0.5, 0.6) is 0 Å². The van der Waals surface area contributed by atoms with E-state index in [1.54, 1.807) is 19.1 Å². The van der Waals surface area contributed by atoms with E-state index < -0.39 is 15.9 Å². The molecule has 1 amide bonds. The molecule has 0 unspecified atom stereocenters. The van der Waals surface area contributed by atoms with Crippen molar-refractivity contribution in [1.82, 2.24) is 15.2 Å². The van der Waals surface area contributed by atoms with E-state index in [0.717, 1.165) is 11.1 Å². The second-order valence-electron chi connectivity index (χ2n) is 6.58. The van der Waals surface area contributed by atoms with E-state index in [0.29, 0.717) is 21.5 Å². The summed E-state index contributed by atoms with van der Waals surface area (Å²) in [5.74, 6) is -0.239. The standard InChI is InChI=1S/C20H21N3O3S2/c1-13(2)15-9-11-17(12-10-15)28(25,26)23-22-19(24)18-14(3)21-20(27-18)16-7-5-4-6-8-16/h4-13,23H,1-3H3,(H,22,24). The summed E-state index contributed by atoms with van der Waals surface area (Å²) >= 11 is 1.21. The highest BCUT2D eigenvalue weighted by molar-refractivity contribution is 7.89. The molecule has 0 saturated heterocycles. The minimum atomic E-state index is -3.86. The fourth-order valence-corrected chi connectivity index (χ4v) is 4.38. The molecule has 1 heterocycles. The molecule has 6 nitrogen and oxygen atoms in total. The van der Waals surface area contributed by atoms with Crippen LogP contribution in [0, 0.1) is 6.92 Å². The van der Waals surface area contributed by atoms with Crippen LogP contribution in [0.3, 0.4) is 0 Å². The number of hydrogen-bond acceptors (Lipinski definition) is 5. The molecule has 0 bridgehead atoms. The predicted octanol–water partition coefficient (Wildman–Crippen LogP) is 3.87. The quantitative estimate of drug-likeness (QED) is 0.598. The van der Waals surface area contributed by atoms with Crippen LogP contribution in [0.25, 0.3) is 10.6 Å². The number of sulfonamides is 1. The van der Waals surface area contributed by atoms with E-state index in [1.807, 2.05) is 44.2 Å². The Bertz CT molecular complexity index is 1070. The van der Waals surface area contributed by atoms with Crippen molar-refractivity contribution in [2.75, 3.05) is 0 Å². The van der Waals surface area contributed by atoms with Crippen LogP contribution < -0.4 is 10.3 Å². The first-order chi connectivity index (χ1) is 13.3. The van der Waals surface area contributed by atoms with Gasteiger partial charge in [0.15, 0.2) is 0 Å². The van der Waals surface area contributed by atoms with Crippen molar-refractivity contribution >= 4 is 27.3 Å². The van der Waals surface area contributed by atoms with Crippen LogP contribution in [0.1, 0.15) is 40.7 Å². The van der Waals surface area contributed by atoms with Gasteiger partial charge < -0.3 is 0 Å². The van der Waals surface area contributed by atoms with Crippen LogP contribution in [-0.4, -0.2) is 19.3 Å². The number of benzene rings is 2. The first-order valence-corrected chi connectivity index (χ1v) is 11.0. The lowest BCUT2D eigenvalue weighted by atomic mass is 10.0. The normalized spacial score (nSPS) is 11.6. The van der Waals surface area contributed by atoms with E-state index in [-0.39, 0.29) is 4.90 Å². The highest BCUT2D eigenvalue weighted by Crippen LogP contribution is 2.27. The number of hydrogen-bond donors (Lipinski definition) is 2. The van der Waals surface area contributed by atoms with Gasteiger partial charge in [0, 0.05) is 5.56 Å². The molecule has 0 fully saturated rings. The third kappa shape index (κ3) is 4.46. The van der Waals surface area contributed by atoms with Gasteiger partial charge in [-0.05, 0) is 30.5 Å². The predicted molar refractivity (Wildman–Crippen MR) is 111 cm³/mol. The summed E-state index contributed by atoms with van der Waals surface area (Å²) < 4.78 is 24.8. The summed E-state index contributed by atoms with van der Waals surface area (Å²) in [6.07, 6.45) is 0. The van der Waals surface area contributed by atoms with Crippen molar-refractivity contribution in [1.29, 1.82) is 0 Å². The van der Waals surface area contributed by atoms with Crippen molar-refractivity contribution < 1.29 is 13.2 Å². The van der Waals surface area contributed by atoms with Gasteiger partial charge in [-0.2, -0.15) is 0 Å². The van der Waals surface area contributed by atoms with Gasteiger partial charge in [0.2, 0.25) is 0 Å². The molecule has 0 aliphatic carbocycles. The number of amides is 1. The topological polar surface area (TPSA) is 88.2 Å². The average Bonchev–Trinajstić information content (AvgIpc) is 3.09. The Morgan fingerprint density at radius 2 is 1.68 bits per heavy atom. The fraction of sp³-hybridized carbons (Fsp3) is 0.200. The second-order valence-corrected chi connectivity index (χ2v) is 9.26. The maximum atomic E-state index is 12.5. The lowest BCUT2D eigenvalue weighted by Crippen LogP contribution is -2.41. The Hall–Kier alpha value is -2.55. The van der Waals surface area contributed by atoms with E-state index in [4.69, 9.17) is 0 Å². The molecule has 1 aromatic heterocycles. The Labute approximate surface area is 168 Å². The molecule has 3 rings (SSSR count). The highest BCUT2D eigenvalue weighted by atomic mass is 32.2. The molecular formula is C20H21N3O3S2. The minimum Gasteiger partial charge on any atom is -0.273 e. The maximum Gasteiger partial charge on any atom is 0.278 e. The minimum absolute atomic E-state index is 0.0863. The summed E-state index contributed by atoms with van der Waals surface area (Å²) in [7, 11) is -3.86. The van der Waals surface area contributed by atoms with E-state index >= 15 is 0 Å². The van der Waals surface area contributed by atoms with Gasteiger partial charge >= 0.3 is 0 Å². The Kier molecular flexibility index (Phi) is 5.93. The van der Waals surface area contributed by atoms with Gasteiger partial charge in [0.05, 0.1) is 10.6 Å². The van der Waals surface area contributed by atoms with Crippen LogP contribution in [0.4, 0.5) is 0 Å². The molecule has 0 aliphatic heterocycles. The van der Waals surface area contributed by atoms with Gasteiger partial charge in [-0.3, -0.25) is 10.2 Å². The number of hydrazine groups is 1. The Morgan fingerprint density at radius 3 is 2.29 bits per heavy atom. The van der Waals surface area contributed by atoms with E-state index in [9.17, 15) is 13.2 Å². The summed E-state index contributed by atoms with van der Waals surface area (Å²) in [6, 6.07) is 16.1. The van der Waals surface area contributed by atoms with Crippen molar-refractivity contribution in [3.8, 4) is 10.6 Å². The van der Waals surface area contributed by atoms with Gasteiger partial charge in [-0.15, -0.1) is 16.2 Å². The maximum absolute atomic E-state index is 12.5. The van der Waals surface area contributed by atoms with E-state index in [2.05, 4.69) is 15.2 Å². The molecule has 3 aromatic rings. The third-order valence-corrected chi connectivity index (χ3v) is 6.65. The van der Waals surface area contributed by atoms with Crippen molar-refractivity contribution in [2.45, 2.75) is 31.6 Å². The molecule has 0 radical (unpaired) electrons. The second kappa shape index (κ2) is 8.22. The van der Waals surface area contributed by atoms with E-state index in [1.165, 1.54) is 23.5 Å². The monoisotopic (exact) mass is 415 g/mol. The average molecular weight is 416 g/mol. The van der Waals surface area contributed by atoms with Crippen LogP contribution in [0.2, 0.25) is 0 Å². The van der Waals surface area contributed by atoms with Crippen LogP contribution in [0.15, 0.2) is 59.5 Å². The SMILES string of the molecule is Cc1nc(-c2ccccc2)sc1C(=O)NNS(=O)(=O)c1ccc(C(C)C)cc1. The van der Waals surface area contributed by atoms with Crippen molar-refractivity contribution in [3.05, 3.63) is 70.7 Å². The largest absolute Gasteiger partial charge is 0.278 e. The smallest absolute Gasteiger partial charge is 0.273 e. The molecular weight excluding hydrogens is 394 g/mol. The number of aromatic nitrogens is 1. The number of carbonyl (C=O) groups excluding carboxylic acids is 1. The number of thiazole rings is 1. The molecule has 0 spiro atoms. The van der Waals surface area contributed by atoms with Gasteiger partial charge in [0.1, 0.15) is 9.88 Å². The third-order valence-electron chi connectivity index (χ3n) is 4.18. The zero-order chi connectivity index (χ0) is 20.3. The Morgan fingerprint density at radius 1 is 1.04 bits per heavy atom. The molecule has 8 heteroatoms. The first kappa shape index (κ1) is 20.2. The lowest BCUT2D eigenvalue weighted by molar-refractivity contribution is 0.0948. The Balaban J connectivity index is 1.72. The number of nitrogens with zero attached hydrogens (tertiary/aromatic N) is 1. The summed E-state index contributed by atoms with van der Waals surface area (Å²) in [6.45, 7) is 5.78. The van der Waals surface area contributed by atoms with Crippen LogP contribution >= 0.6 is 11.3 Å². The molecule has 0 saturated carbocycles. The molecule has 2 aromatic carbocycles. The molecule has 2 N–H and O–H groups in total. The molecule has 28 heavy (non-hydrogen) atoms. The van der Waals surface area contributed by atoms with Gasteiger partial charge in [0.25, 0.3) is 15.9 Å². The number of aryl methyl sites for hydroxylation is 1. The van der Waals surface area contributed by atoms with Crippen molar-refractivity contribution in [3.63, 3.8) is 0 Å². The summed E-state index contributed by atoms with van der Waals surface area (Å²) in [5, 5.41) is 0.704. The van der Waals surface area contributed by atoms with Gasteiger partial charge in [-0.25, -0.2) is 13.4 Å². The molecule has 146 valence electrons. The van der Waals surface area contributed by atoms with Gasteiger partial charge in [-0.1, -0.05) is 56.3 Å². The van der Waals surface area contributed by atoms with Crippen LogP contribution in [-0.2, 0) is 10.0 Å². The summed E-state index contributed by atoms with van der Waals surface area (Å²) in [4.78, 5) is 19.5. The first-order valence-electron chi connectivity index (χ1n) is 8.73.